The molecule has 0 N–H and O–H groups in total. The first-order chi connectivity index (χ1) is 16.9. The number of hydrogen-bond acceptors (Lipinski definition) is 5. The van der Waals surface area contributed by atoms with Crippen LogP contribution in [0.4, 0.5) is 5.69 Å². The summed E-state index contributed by atoms with van der Waals surface area (Å²) in [5, 5.41) is 1.07. The van der Waals surface area contributed by atoms with Crippen molar-refractivity contribution in [3.05, 3.63) is 92.4 Å². The second-order valence-electron chi connectivity index (χ2n) is 7.90. The molecule has 5 nitrogen and oxygen atoms in total. The summed E-state index contributed by atoms with van der Waals surface area (Å²) in [5.74, 6) is 0.914. The van der Waals surface area contributed by atoms with Gasteiger partial charge in [0.05, 0.1) is 30.4 Å². The van der Waals surface area contributed by atoms with Crippen LogP contribution in [0.25, 0.3) is 6.08 Å². The second kappa shape index (κ2) is 11.8. The Labute approximate surface area is 219 Å². The minimum Gasteiger partial charge on any atom is -0.496 e. The van der Waals surface area contributed by atoms with Gasteiger partial charge in [0.25, 0.3) is 0 Å². The third kappa shape index (κ3) is 6.50. The number of hydrogen-bond donors (Lipinski definition) is 0. The van der Waals surface area contributed by atoms with Gasteiger partial charge >= 0.3 is 0 Å². The van der Waals surface area contributed by atoms with E-state index in [2.05, 4.69) is 4.90 Å². The van der Waals surface area contributed by atoms with Gasteiger partial charge in [-0.15, -0.1) is 0 Å². The molecule has 1 aliphatic rings. The van der Waals surface area contributed by atoms with Crippen LogP contribution < -0.4 is 14.4 Å². The molecule has 0 bridgehead atoms. The fraction of sp³-hybridized carbons (Fsp3) is 0.222. The van der Waals surface area contributed by atoms with E-state index in [0.29, 0.717) is 32.1 Å². The standard InChI is InChI=1S/C27H24Cl3NO4/c1-33-26-9-3-18(14-20(26)17-35-27-23(29)15-21(28)16-24(27)30)2-8-25(32)19-4-6-22(7-5-19)31-10-12-34-13-11-31/h2-9,14-16H,10-13,17H2,1H3/b8-2+. The fourth-order valence-electron chi connectivity index (χ4n) is 3.76. The Bertz CT molecular complexity index is 1200. The van der Waals surface area contributed by atoms with Gasteiger partial charge in [0, 0.05) is 34.9 Å². The first kappa shape index (κ1) is 25.4. The van der Waals surface area contributed by atoms with Crippen molar-refractivity contribution in [2.75, 3.05) is 38.3 Å². The average Bonchev–Trinajstić information content (AvgIpc) is 2.87. The number of anilines is 1. The Balaban J connectivity index is 1.45. The number of benzene rings is 3. The summed E-state index contributed by atoms with van der Waals surface area (Å²) < 4.78 is 16.7. The van der Waals surface area contributed by atoms with Gasteiger partial charge in [0.15, 0.2) is 11.5 Å². The van der Waals surface area contributed by atoms with E-state index in [0.717, 1.165) is 43.1 Å². The normalized spacial score (nSPS) is 13.8. The molecule has 1 heterocycles. The van der Waals surface area contributed by atoms with Crippen LogP contribution in [-0.4, -0.2) is 39.2 Å². The summed E-state index contributed by atoms with van der Waals surface area (Å²) >= 11 is 18.4. The zero-order valence-electron chi connectivity index (χ0n) is 19.1. The van der Waals surface area contributed by atoms with Crippen molar-refractivity contribution in [2.45, 2.75) is 6.61 Å². The number of carbonyl (C=O) groups excluding carboxylic acids is 1. The van der Waals surface area contributed by atoms with E-state index < -0.39 is 0 Å². The van der Waals surface area contributed by atoms with E-state index in [4.69, 9.17) is 49.0 Å². The van der Waals surface area contributed by atoms with Crippen molar-refractivity contribution in [3.63, 3.8) is 0 Å². The molecule has 3 aromatic carbocycles. The first-order valence-corrected chi connectivity index (χ1v) is 12.2. The number of methoxy groups -OCH3 is 1. The molecular weight excluding hydrogens is 509 g/mol. The summed E-state index contributed by atoms with van der Waals surface area (Å²) in [6.45, 7) is 3.32. The Kier molecular flexibility index (Phi) is 8.58. The molecule has 35 heavy (non-hydrogen) atoms. The van der Waals surface area contributed by atoms with Crippen LogP contribution in [0.3, 0.4) is 0 Å². The SMILES string of the molecule is COc1ccc(/C=C/C(=O)c2ccc(N3CCOCC3)cc2)cc1COc1c(Cl)cc(Cl)cc1Cl. The highest BCUT2D eigenvalue weighted by atomic mass is 35.5. The lowest BCUT2D eigenvalue weighted by Crippen LogP contribution is -2.36. The largest absolute Gasteiger partial charge is 0.496 e. The Hall–Kier alpha value is -2.70. The predicted octanol–water partition coefficient (Wildman–Crippen LogP) is 6.97. The highest BCUT2D eigenvalue weighted by molar-refractivity contribution is 6.40. The molecule has 0 saturated carbocycles. The van der Waals surface area contributed by atoms with E-state index in [1.165, 1.54) is 0 Å². The molecular formula is C27H24Cl3NO4. The predicted molar refractivity (Wildman–Crippen MR) is 142 cm³/mol. The van der Waals surface area contributed by atoms with Crippen LogP contribution in [0.5, 0.6) is 11.5 Å². The summed E-state index contributed by atoms with van der Waals surface area (Å²) in [4.78, 5) is 15.0. The molecule has 3 aromatic rings. The van der Waals surface area contributed by atoms with Crippen LogP contribution in [0.2, 0.25) is 15.1 Å². The maximum atomic E-state index is 12.7. The van der Waals surface area contributed by atoms with Crippen molar-refractivity contribution in [1.82, 2.24) is 0 Å². The average molecular weight is 533 g/mol. The fourth-order valence-corrected chi connectivity index (χ4v) is 4.68. The highest BCUT2D eigenvalue weighted by Crippen LogP contribution is 2.37. The molecule has 0 atom stereocenters. The van der Waals surface area contributed by atoms with E-state index in [1.54, 1.807) is 31.4 Å². The van der Waals surface area contributed by atoms with Crippen LogP contribution in [0, 0.1) is 0 Å². The highest BCUT2D eigenvalue weighted by Gasteiger charge is 2.13. The third-order valence-electron chi connectivity index (χ3n) is 5.59. The maximum absolute atomic E-state index is 12.7. The maximum Gasteiger partial charge on any atom is 0.185 e. The van der Waals surface area contributed by atoms with Crippen LogP contribution in [0.15, 0.2) is 60.7 Å². The lowest BCUT2D eigenvalue weighted by molar-refractivity contribution is 0.104. The topological polar surface area (TPSA) is 48.0 Å². The number of ketones is 1. The number of halogens is 3. The monoisotopic (exact) mass is 531 g/mol. The molecule has 0 spiro atoms. The lowest BCUT2D eigenvalue weighted by Gasteiger charge is -2.28. The van der Waals surface area contributed by atoms with Gasteiger partial charge in [-0.1, -0.05) is 46.9 Å². The van der Waals surface area contributed by atoms with E-state index in [9.17, 15) is 4.79 Å². The second-order valence-corrected chi connectivity index (χ2v) is 9.15. The molecule has 0 radical (unpaired) electrons. The van der Waals surface area contributed by atoms with Crippen molar-refractivity contribution in [2.24, 2.45) is 0 Å². The van der Waals surface area contributed by atoms with Crippen molar-refractivity contribution < 1.29 is 19.0 Å². The number of carbonyl (C=O) groups is 1. The number of ether oxygens (including phenoxy) is 3. The molecule has 0 aliphatic carbocycles. The molecule has 182 valence electrons. The Morgan fingerprint density at radius 3 is 2.34 bits per heavy atom. The van der Waals surface area contributed by atoms with Gasteiger partial charge in [-0.25, -0.2) is 0 Å². The molecule has 1 aliphatic heterocycles. The number of morpholine rings is 1. The smallest absolute Gasteiger partial charge is 0.185 e. The molecule has 0 amide bonds. The first-order valence-electron chi connectivity index (χ1n) is 11.0. The zero-order valence-corrected chi connectivity index (χ0v) is 21.4. The molecule has 0 unspecified atom stereocenters. The van der Waals surface area contributed by atoms with E-state index >= 15 is 0 Å². The molecule has 4 rings (SSSR count). The molecule has 0 aromatic heterocycles. The number of allylic oxidation sites excluding steroid dienone is 1. The van der Waals surface area contributed by atoms with Crippen LogP contribution in [0.1, 0.15) is 21.5 Å². The summed E-state index contributed by atoms with van der Waals surface area (Å²) in [6.07, 6.45) is 3.33. The van der Waals surface area contributed by atoms with Crippen LogP contribution >= 0.6 is 34.8 Å². The summed E-state index contributed by atoms with van der Waals surface area (Å²) in [6, 6.07) is 16.4. The van der Waals surface area contributed by atoms with Crippen molar-refractivity contribution >= 4 is 52.3 Å². The van der Waals surface area contributed by atoms with Gasteiger partial charge in [0.1, 0.15) is 12.4 Å². The number of nitrogens with zero attached hydrogens (tertiary/aromatic N) is 1. The summed E-state index contributed by atoms with van der Waals surface area (Å²) in [7, 11) is 1.58. The number of rotatable bonds is 8. The summed E-state index contributed by atoms with van der Waals surface area (Å²) in [5.41, 5.74) is 3.33. The van der Waals surface area contributed by atoms with Gasteiger partial charge in [-0.05, 0) is 60.2 Å². The minimum absolute atomic E-state index is 0.0770. The minimum atomic E-state index is -0.0770. The van der Waals surface area contributed by atoms with Crippen molar-refractivity contribution in [1.29, 1.82) is 0 Å². The van der Waals surface area contributed by atoms with Crippen LogP contribution in [-0.2, 0) is 11.3 Å². The van der Waals surface area contributed by atoms with Crippen molar-refractivity contribution in [3.8, 4) is 11.5 Å². The van der Waals surface area contributed by atoms with Gasteiger partial charge in [-0.2, -0.15) is 0 Å². The molecule has 8 heteroatoms. The van der Waals surface area contributed by atoms with E-state index in [1.807, 2.05) is 42.5 Å². The lowest BCUT2D eigenvalue weighted by atomic mass is 10.1. The van der Waals surface area contributed by atoms with Gasteiger partial charge in [0.2, 0.25) is 0 Å². The van der Waals surface area contributed by atoms with E-state index in [-0.39, 0.29) is 12.4 Å². The Morgan fingerprint density at radius 1 is 1.00 bits per heavy atom. The quantitative estimate of drug-likeness (QED) is 0.232. The third-order valence-corrected chi connectivity index (χ3v) is 6.37. The molecule has 1 fully saturated rings. The molecule has 1 saturated heterocycles. The zero-order chi connectivity index (χ0) is 24.8. The Morgan fingerprint density at radius 2 is 1.69 bits per heavy atom. The van der Waals surface area contributed by atoms with Gasteiger partial charge in [-0.3, -0.25) is 4.79 Å². The van der Waals surface area contributed by atoms with Gasteiger partial charge < -0.3 is 19.1 Å².